The monoisotopic (exact) mass is 452 g/mol. The van der Waals surface area contributed by atoms with Gasteiger partial charge in [0.1, 0.15) is 9.79 Å². The van der Waals surface area contributed by atoms with E-state index in [1.807, 2.05) is 13.8 Å². The zero-order valence-corrected chi connectivity index (χ0v) is 18.3. The van der Waals surface area contributed by atoms with Gasteiger partial charge in [-0.05, 0) is 43.2 Å². The SMILES string of the molecule is CCCc1ccc(S(=O)(=O)Oc2cscc2OS(=O)(=O)c2ccc(C)cc2)cc1. The van der Waals surface area contributed by atoms with Crippen LogP contribution in [0.5, 0.6) is 11.5 Å². The van der Waals surface area contributed by atoms with Gasteiger partial charge in [0.2, 0.25) is 0 Å². The summed E-state index contributed by atoms with van der Waals surface area (Å²) in [6.45, 7) is 3.87. The Kier molecular flexibility index (Phi) is 6.30. The highest BCUT2D eigenvalue weighted by atomic mass is 32.2. The first kappa shape index (κ1) is 21.4. The van der Waals surface area contributed by atoms with E-state index < -0.39 is 20.2 Å². The Labute approximate surface area is 175 Å². The summed E-state index contributed by atoms with van der Waals surface area (Å²) < 4.78 is 60.4. The van der Waals surface area contributed by atoms with E-state index in [0.29, 0.717) is 0 Å². The largest absolute Gasteiger partial charge is 0.374 e. The van der Waals surface area contributed by atoms with Crippen LogP contribution >= 0.6 is 11.3 Å². The first-order valence-corrected chi connectivity index (χ1v) is 12.6. The smallest absolute Gasteiger partial charge is 0.339 e. The fourth-order valence-electron chi connectivity index (χ4n) is 2.54. The Balaban J connectivity index is 1.81. The normalized spacial score (nSPS) is 11.9. The molecule has 3 rings (SSSR count). The lowest BCUT2D eigenvalue weighted by Gasteiger charge is -2.10. The summed E-state index contributed by atoms with van der Waals surface area (Å²) in [5, 5.41) is 2.75. The average molecular weight is 453 g/mol. The molecule has 0 fully saturated rings. The highest BCUT2D eigenvalue weighted by molar-refractivity contribution is 7.87. The fourth-order valence-corrected chi connectivity index (χ4v) is 5.17. The van der Waals surface area contributed by atoms with Gasteiger partial charge in [0.05, 0.1) is 0 Å². The van der Waals surface area contributed by atoms with Crippen molar-refractivity contribution in [3.63, 3.8) is 0 Å². The number of benzene rings is 2. The van der Waals surface area contributed by atoms with E-state index in [0.717, 1.165) is 35.3 Å². The topological polar surface area (TPSA) is 86.7 Å². The molecule has 0 aliphatic carbocycles. The number of aryl methyl sites for hydroxylation is 2. The molecule has 1 aromatic heterocycles. The minimum absolute atomic E-state index is 0.0177. The molecule has 3 aromatic rings. The summed E-state index contributed by atoms with van der Waals surface area (Å²) >= 11 is 1.07. The van der Waals surface area contributed by atoms with Gasteiger partial charge in [-0.3, -0.25) is 0 Å². The molecule has 0 unspecified atom stereocenters. The quantitative estimate of drug-likeness (QED) is 0.466. The van der Waals surface area contributed by atoms with E-state index in [1.165, 1.54) is 35.0 Å². The Hall–Kier alpha value is -2.36. The van der Waals surface area contributed by atoms with Crippen LogP contribution in [0, 0.1) is 6.92 Å². The van der Waals surface area contributed by atoms with Gasteiger partial charge >= 0.3 is 20.2 Å². The van der Waals surface area contributed by atoms with Gasteiger partial charge in [0, 0.05) is 10.8 Å². The van der Waals surface area contributed by atoms with E-state index in [4.69, 9.17) is 8.37 Å². The second-order valence-electron chi connectivity index (χ2n) is 6.38. The summed E-state index contributed by atoms with van der Waals surface area (Å²) in [5.74, 6) is -0.356. The highest BCUT2D eigenvalue weighted by Crippen LogP contribution is 2.35. The Morgan fingerprint density at radius 1 is 0.759 bits per heavy atom. The van der Waals surface area contributed by atoms with Crippen molar-refractivity contribution in [3.8, 4) is 11.5 Å². The maximum absolute atomic E-state index is 12.6. The van der Waals surface area contributed by atoms with Crippen molar-refractivity contribution in [1.29, 1.82) is 0 Å². The van der Waals surface area contributed by atoms with Crippen molar-refractivity contribution >= 4 is 31.6 Å². The van der Waals surface area contributed by atoms with Gasteiger partial charge in [-0.25, -0.2) is 0 Å². The second-order valence-corrected chi connectivity index (χ2v) is 10.2. The third-order valence-electron chi connectivity index (χ3n) is 4.05. The number of thiophene rings is 1. The molecule has 6 nitrogen and oxygen atoms in total. The molecule has 0 saturated heterocycles. The van der Waals surface area contributed by atoms with Crippen LogP contribution in [0.4, 0.5) is 0 Å². The molecule has 29 heavy (non-hydrogen) atoms. The van der Waals surface area contributed by atoms with Crippen molar-refractivity contribution in [3.05, 3.63) is 70.4 Å². The Bertz CT molecular complexity index is 1180. The molecule has 0 radical (unpaired) electrons. The predicted octanol–water partition coefficient (Wildman–Crippen LogP) is 4.54. The van der Waals surface area contributed by atoms with Crippen molar-refractivity contribution in [1.82, 2.24) is 0 Å². The van der Waals surface area contributed by atoms with Crippen LogP contribution in [-0.4, -0.2) is 16.8 Å². The lowest BCUT2D eigenvalue weighted by Crippen LogP contribution is -2.13. The first-order chi connectivity index (χ1) is 13.7. The van der Waals surface area contributed by atoms with E-state index >= 15 is 0 Å². The molecule has 9 heteroatoms. The molecule has 0 atom stereocenters. The van der Waals surface area contributed by atoms with E-state index in [-0.39, 0.29) is 21.3 Å². The van der Waals surface area contributed by atoms with E-state index in [2.05, 4.69) is 0 Å². The average Bonchev–Trinajstić information content (AvgIpc) is 3.08. The zero-order chi connectivity index (χ0) is 21.1. The molecule has 1 heterocycles. The molecule has 0 N–H and O–H groups in total. The van der Waals surface area contributed by atoms with Crippen LogP contribution in [-0.2, 0) is 26.7 Å². The summed E-state index contributed by atoms with van der Waals surface area (Å²) in [6, 6.07) is 12.5. The molecule has 2 aromatic carbocycles. The molecule has 0 aliphatic rings. The van der Waals surface area contributed by atoms with E-state index in [9.17, 15) is 16.8 Å². The lowest BCUT2D eigenvalue weighted by molar-refractivity contribution is 0.451. The number of hydrogen-bond donors (Lipinski definition) is 0. The maximum atomic E-state index is 12.6. The fraction of sp³-hybridized carbons (Fsp3) is 0.200. The summed E-state index contributed by atoms with van der Waals surface area (Å²) in [5.41, 5.74) is 1.93. The van der Waals surface area contributed by atoms with Gasteiger partial charge in [0.25, 0.3) is 0 Å². The van der Waals surface area contributed by atoms with Crippen molar-refractivity contribution in [2.24, 2.45) is 0 Å². The summed E-state index contributed by atoms with van der Waals surface area (Å²) in [4.78, 5) is -0.0504. The van der Waals surface area contributed by atoms with Crippen molar-refractivity contribution in [2.45, 2.75) is 36.5 Å². The zero-order valence-electron chi connectivity index (χ0n) is 15.9. The van der Waals surface area contributed by atoms with Crippen LogP contribution in [0.2, 0.25) is 0 Å². The number of hydrogen-bond acceptors (Lipinski definition) is 7. The van der Waals surface area contributed by atoms with Crippen LogP contribution in [0.3, 0.4) is 0 Å². The van der Waals surface area contributed by atoms with Crippen LogP contribution in [0.25, 0.3) is 0 Å². The molecule has 0 spiro atoms. The Morgan fingerprint density at radius 2 is 1.21 bits per heavy atom. The maximum Gasteiger partial charge on any atom is 0.339 e. The third-order valence-corrected chi connectivity index (χ3v) is 7.25. The number of rotatable bonds is 8. The molecule has 154 valence electrons. The van der Waals surface area contributed by atoms with Gasteiger partial charge in [-0.2, -0.15) is 16.8 Å². The first-order valence-electron chi connectivity index (χ1n) is 8.82. The van der Waals surface area contributed by atoms with Gasteiger partial charge in [0.15, 0.2) is 11.5 Å². The van der Waals surface area contributed by atoms with Gasteiger partial charge < -0.3 is 8.37 Å². The second kappa shape index (κ2) is 8.56. The van der Waals surface area contributed by atoms with Gasteiger partial charge in [-0.1, -0.05) is 43.2 Å². The van der Waals surface area contributed by atoms with Crippen LogP contribution < -0.4 is 8.37 Å². The summed E-state index contributed by atoms with van der Waals surface area (Å²) in [7, 11) is -8.25. The highest BCUT2D eigenvalue weighted by Gasteiger charge is 2.24. The molecular formula is C20H20O6S3. The van der Waals surface area contributed by atoms with Crippen LogP contribution in [0.15, 0.2) is 69.1 Å². The van der Waals surface area contributed by atoms with Crippen molar-refractivity contribution in [2.75, 3.05) is 0 Å². The molecule has 0 saturated carbocycles. The van der Waals surface area contributed by atoms with E-state index in [1.54, 1.807) is 24.3 Å². The van der Waals surface area contributed by atoms with Crippen LogP contribution in [0.1, 0.15) is 24.5 Å². The van der Waals surface area contributed by atoms with Crippen molar-refractivity contribution < 1.29 is 25.2 Å². The third kappa shape index (κ3) is 5.17. The standard InChI is InChI=1S/C20H20O6S3/c1-3-4-16-7-11-18(12-8-16)29(23,24)26-20-14-27-13-19(20)25-28(21,22)17-9-5-15(2)6-10-17/h5-14H,3-4H2,1-2H3. The molecular weight excluding hydrogens is 432 g/mol. The molecule has 0 aliphatic heterocycles. The summed E-state index contributed by atoms with van der Waals surface area (Å²) in [6.07, 6.45) is 1.80. The van der Waals surface area contributed by atoms with Gasteiger partial charge in [-0.15, -0.1) is 11.3 Å². The molecule has 0 bridgehead atoms. The minimum Gasteiger partial charge on any atom is -0.374 e. The molecule has 0 amide bonds. The predicted molar refractivity (Wildman–Crippen MR) is 112 cm³/mol. The minimum atomic E-state index is -4.13. The Morgan fingerprint density at radius 3 is 1.66 bits per heavy atom. The lowest BCUT2D eigenvalue weighted by atomic mass is 10.1.